The first-order chi connectivity index (χ1) is 10.4. The van der Waals surface area contributed by atoms with E-state index in [1.54, 1.807) is 24.4 Å². The smallest absolute Gasteiger partial charge is 0.350 e. The third-order valence-electron chi connectivity index (χ3n) is 3.56. The number of aromatic nitrogens is 3. The molecule has 2 aromatic heterocycles. The molecule has 0 bridgehead atoms. The second-order valence-electron chi connectivity index (χ2n) is 6.14. The van der Waals surface area contributed by atoms with Crippen molar-refractivity contribution in [1.82, 2.24) is 19.5 Å². The van der Waals surface area contributed by atoms with E-state index in [9.17, 15) is 9.59 Å². The lowest BCUT2D eigenvalue weighted by molar-refractivity contribution is -0.121. The topological polar surface area (TPSA) is 88.6 Å². The quantitative estimate of drug-likeness (QED) is 0.725. The number of amides is 1. The average molecular weight is 306 g/mol. The Bertz CT molecular complexity index is 702. The van der Waals surface area contributed by atoms with Crippen LogP contribution >= 0.6 is 0 Å². The molecule has 0 aliphatic heterocycles. The van der Waals surface area contributed by atoms with E-state index in [1.807, 2.05) is 13.8 Å². The first-order valence-electron chi connectivity index (χ1n) is 7.35. The zero-order chi connectivity index (χ0) is 16.2. The predicted octanol–water partition coefficient (Wildman–Crippen LogP) is 0.411. The lowest BCUT2D eigenvalue weighted by Gasteiger charge is -2.21. The Balaban J connectivity index is 1.86. The van der Waals surface area contributed by atoms with E-state index in [4.69, 9.17) is 5.11 Å². The summed E-state index contributed by atoms with van der Waals surface area (Å²) < 4.78 is 2.55. The summed E-state index contributed by atoms with van der Waals surface area (Å²) >= 11 is 0. The highest BCUT2D eigenvalue weighted by atomic mass is 16.3. The number of carbonyl (C=O) groups excluding carboxylic acids is 1. The van der Waals surface area contributed by atoms with Gasteiger partial charge < -0.3 is 10.4 Å². The molecular weight excluding hydrogens is 284 g/mol. The molecule has 2 aromatic rings. The molecule has 2 heterocycles. The van der Waals surface area contributed by atoms with Gasteiger partial charge in [-0.3, -0.25) is 9.20 Å². The maximum Gasteiger partial charge on any atom is 0.350 e. The number of nitrogens with one attached hydrogen (secondary N) is 1. The summed E-state index contributed by atoms with van der Waals surface area (Å²) in [7, 11) is 0. The molecule has 0 radical (unpaired) electrons. The fraction of sp³-hybridized carbons (Fsp3) is 0.533. The standard InChI is InChI=1S/C15H22N4O3/c1-15(2,11-20)7-5-8-16-13(21)10-19-14(22)18-9-4-3-6-12(18)17-19/h3-4,6,9,20H,5,7-8,10-11H2,1-2H3,(H,16,21). The van der Waals surface area contributed by atoms with Gasteiger partial charge in [0.15, 0.2) is 5.65 Å². The van der Waals surface area contributed by atoms with Crippen LogP contribution in [0.4, 0.5) is 0 Å². The normalized spacial score (nSPS) is 11.8. The van der Waals surface area contributed by atoms with Crippen LogP contribution in [-0.2, 0) is 11.3 Å². The van der Waals surface area contributed by atoms with Crippen LogP contribution in [0.1, 0.15) is 26.7 Å². The van der Waals surface area contributed by atoms with Crippen LogP contribution in [-0.4, -0.2) is 38.3 Å². The molecule has 0 aliphatic rings. The molecule has 0 saturated carbocycles. The number of aliphatic hydroxyl groups is 1. The minimum Gasteiger partial charge on any atom is -0.396 e. The molecule has 120 valence electrons. The largest absolute Gasteiger partial charge is 0.396 e. The minimum atomic E-state index is -0.327. The van der Waals surface area contributed by atoms with Gasteiger partial charge >= 0.3 is 5.69 Å². The van der Waals surface area contributed by atoms with E-state index in [-0.39, 0.29) is 30.2 Å². The number of hydrogen-bond acceptors (Lipinski definition) is 4. The molecule has 0 aliphatic carbocycles. The van der Waals surface area contributed by atoms with Crippen molar-refractivity contribution in [2.75, 3.05) is 13.2 Å². The first kappa shape index (κ1) is 16.2. The number of rotatable bonds is 7. The number of pyridine rings is 1. The maximum atomic E-state index is 12.0. The summed E-state index contributed by atoms with van der Waals surface area (Å²) in [5.74, 6) is -0.243. The Morgan fingerprint density at radius 3 is 2.86 bits per heavy atom. The predicted molar refractivity (Wildman–Crippen MR) is 82.6 cm³/mol. The summed E-state index contributed by atoms with van der Waals surface area (Å²) in [6.07, 6.45) is 3.22. The van der Waals surface area contributed by atoms with E-state index in [0.29, 0.717) is 12.2 Å². The SMILES string of the molecule is CC(C)(CO)CCCNC(=O)Cn1nc2ccccn2c1=O. The fourth-order valence-corrected chi connectivity index (χ4v) is 2.14. The van der Waals surface area contributed by atoms with Gasteiger partial charge in [0.2, 0.25) is 5.91 Å². The van der Waals surface area contributed by atoms with Crippen molar-refractivity contribution in [1.29, 1.82) is 0 Å². The molecule has 0 unspecified atom stereocenters. The highest BCUT2D eigenvalue weighted by molar-refractivity contribution is 5.75. The molecule has 7 heteroatoms. The molecular formula is C15H22N4O3. The highest BCUT2D eigenvalue weighted by Gasteiger charge is 2.16. The zero-order valence-corrected chi connectivity index (χ0v) is 13.0. The van der Waals surface area contributed by atoms with E-state index in [1.165, 1.54) is 4.40 Å². The van der Waals surface area contributed by atoms with Crippen molar-refractivity contribution in [2.45, 2.75) is 33.2 Å². The first-order valence-corrected chi connectivity index (χ1v) is 7.35. The molecule has 7 nitrogen and oxygen atoms in total. The number of nitrogens with zero attached hydrogens (tertiary/aromatic N) is 3. The van der Waals surface area contributed by atoms with Crippen LogP contribution in [0, 0.1) is 5.41 Å². The average Bonchev–Trinajstić information content (AvgIpc) is 2.81. The molecule has 1 amide bonds. The van der Waals surface area contributed by atoms with Crippen molar-refractivity contribution >= 4 is 11.6 Å². The number of carbonyl (C=O) groups is 1. The third kappa shape index (κ3) is 3.94. The number of hydrogen-bond donors (Lipinski definition) is 2. The zero-order valence-electron chi connectivity index (χ0n) is 13.0. The summed E-state index contributed by atoms with van der Waals surface area (Å²) in [5, 5.41) is 16.0. The fourth-order valence-electron chi connectivity index (χ4n) is 2.14. The van der Waals surface area contributed by atoms with Gasteiger partial charge in [0.25, 0.3) is 0 Å². The molecule has 0 fully saturated rings. The molecule has 22 heavy (non-hydrogen) atoms. The lowest BCUT2D eigenvalue weighted by atomic mass is 9.89. The molecule has 0 atom stereocenters. The summed E-state index contributed by atoms with van der Waals surface area (Å²) in [6, 6.07) is 5.24. The molecule has 0 saturated heterocycles. The van der Waals surface area contributed by atoms with E-state index in [0.717, 1.165) is 17.5 Å². The molecule has 0 spiro atoms. The van der Waals surface area contributed by atoms with Crippen LogP contribution in [0.15, 0.2) is 29.2 Å². The van der Waals surface area contributed by atoms with E-state index < -0.39 is 0 Å². The van der Waals surface area contributed by atoms with Crippen molar-refractivity contribution in [3.63, 3.8) is 0 Å². The van der Waals surface area contributed by atoms with Gasteiger partial charge in [0, 0.05) is 19.3 Å². The minimum absolute atomic E-state index is 0.0933. The summed E-state index contributed by atoms with van der Waals surface area (Å²) in [4.78, 5) is 23.9. The van der Waals surface area contributed by atoms with Crippen LogP contribution in [0.2, 0.25) is 0 Å². The van der Waals surface area contributed by atoms with Crippen molar-refractivity contribution in [3.8, 4) is 0 Å². The number of fused-ring (bicyclic) bond motifs is 1. The van der Waals surface area contributed by atoms with Crippen LogP contribution < -0.4 is 11.0 Å². The number of aliphatic hydroxyl groups excluding tert-OH is 1. The molecule has 0 aromatic carbocycles. The van der Waals surface area contributed by atoms with Crippen molar-refractivity contribution in [3.05, 3.63) is 34.9 Å². The van der Waals surface area contributed by atoms with Crippen molar-refractivity contribution < 1.29 is 9.90 Å². The maximum absolute atomic E-state index is 12.0. The summed E-state index contributed by atoms with van der Waals surface area (Å²) in [5.41, 5.74) is 0.0562. The summed E-state index contributed by atoms with van der Waals surface area (Å²) in [6.45, 7) is 4.50. The van der Waals surface area contributed by atoms with Crippen LogP contribution in [0.3, 0.4) is 0 Å². The van der Waals surface area contributed by atoms with E-state index >= 15 is 0 Å². The molecule has 2 rings (SSSR count). The Morgan fingerprint density at radius 1 is 1.41 bits per heavy atom. The van der Waals surface area contributed by atoms with E-state index in [2.05, 4.69) is 10.4 Å². The Morgan fingerprint density at radius 2 is 2.18 bits per heavy atom. The van der Waals surface area contributed by atoms with Gasteiger partial charge in [-0.2, -0.15) is 0 Å². The Hall–Kier alpha value is -2.15. The second kappa shape index (κ2) is 6.74. The van der Waals surface area contributed by atoms with Gasteiger partial charge in [-0.15, -0.1) is 5.10 Å². The van der Waals surface area contributed by atoms with Crippen molar-refractivity contribution in [2.24, 2.45) is 5.41 Å². The van der Waals surface area contributed by atoms with Gasteiger partial charge in [-0.25, -0.2) is 9.48 Å². The monoisotopic (exact) mass is 306 g/mol. The van der Waals surface area contributed by atoms with Crippen LogP contribution in [0.25, 0.3) is 5.65 Å². The Labute approximate surface area is 128 Å². The third-order valence-corrected chi connectivity index (χ3v) is 3.56. The second-order valence-corrected chi connectivity index (χ2v) is 6.14. The molecule has 2 N–H and O–H groups in total. The van der Waals surface area contributed by atoms with Gasteiger partial charge in [0.1, 0.15) is 6.54 Å². The highest BCUT2D eigenvalue weighted by Crippen LogP contribution is 2.20. The van der Waals surface area contributed by atoms with Gasteiger partial charge in [-0.1, -0.05) is 19.9 Å². The lowest BCUT2D eigenvalue weighted by Crippen LogP contribution is -2.33. The van der Waals surface area contributed by atoms with Gasteiger partial charge in [-0.05, 0) is 30.4 Å². The van der Waals surface area contributed by atoms with Gasteiger partial charge in [0.05, 0.1) is 0 Å². The Kier molecular flexibility index (Phi) is 4.97. The van der Waals surface area contributed by atoms with Crippen LogP contribution in [0.5, 0.6) is 0 Å².